The van der Waals surface area contributed by atoms with Crippen molar-refractivity contribution in [2.24, 2.45) is 0 Å². The van der Waals surface area contributed by atoms with Gasteiger partial charge in [0.2, 0.25) is 10.0 Å². The van der Waals surface area contributed by atoms with Crippen molar-refractivity contribution >= 4 is 31.8 Å². The van der Waals surface area contributed by atoms with Gasteiger partial charge in [-0.3, -0.25) is 0 Å². The SMILES string of the molecule is COC(=O)c1cc(C(=O)OC)cc(S(=O)(=O)N(C2CC2)C2CCS(=O)(=O)C2)c1. The lowest BCUT2D eigenvalue weighted by Gasteiger charge is -2.27. The Bertz CT molecular complexity index is 977. The van der Waals surface area contributed by atoms with E-state index in [1.807, 2.05) is 0 Å². The molecule has 1 saturated heterocycles. The van der Waals surface area contributed by atoms with E-state index in [4.69, 9.17) is 0 Å². The van der Waals surface area contributed by atoms with E-state index in [1.54, 1.807) is 0 Å². The molecular formula is C17H21NO8S2. The molecule has 1 saturated carbocycles. The third-order valence-electron chi connectivity index (χ3n) is 4.80. The van der Waals surface area contributed by atoms with Crippen LogP contribution < -0.4 is 0 Å². The third kappa shape index (κ3) is 4.06. The van der Waals surface area contributed by atoms with Crippen LogP contribution in [0.1, 0.15) is 40.0 Å². The molecular weight excluding hydrogens is 410 g/mol. The number of ether oxygens (including phenoxy) is 2. The average Bonchev–Trinajstić information content (AvgIpc) is 3.42. The Balaban J connectivity index is 2.08. The van der Waals surface area contributed by atoms with Crippen LogP contribution in [0.4, 0.5) is 0 Å². The summed E-state index contributed by atoms with van der Waals surface area (Å²) in [6.07, 6.45) is 1.49. The predicted molar refractivity (Wildman–Crippen MR) is 98.2 cm³/mol. The molecule has 11 heteroatoms. The first kappa shape index (κ1) is 20.7. The summed E-state index contributed by atoms with van der Waals surface area (Å²) >= 11 is 0. The topological polar surface area (TPSA) is 124 Å². The van der Waals surface area contributed by atoms with Gasteiger partial charge in [0.15, 0.2) is 9.84 Å². The molecule has 1 aliphatic heterocycles. The second-order valence-corrected chi connectivity index (χ2v) is 10.9. The van der Waals surface area contributed by atoms with Crippen molar-refractivity contribution in [3.8, 4) is 0 Å². The fourth-order valence-corrected chi connectivity index (χ4v) is 7.11. The number of carbonyl (C=O) groups is 2. The molecule has 1 aromatic rings. The minimum absolute atomic E-state index is 0.0635. The van der Waals surface area contributed by atoms with Crippen LogP contribution in [-0.4, -0.2) is 70.9 Å². The summed E-state index contributed by atoms with van der Waals surface area (Å²) in [6.45, 7) is 0. The Kier molecular flexibility index (Phi) is 5.52. The smallest absolute Gasteiger partial charge is 0.337 e. The maximum absolute atomic E-state index is 13.4. The van der Waals surface area contributed by atoms with Gasteiger partial charge in [-0.15, -0.1) is 0 Å². The zero-order valence-electron chi connectivity index (χ0n) is 15.5. The molecule has 0 bridgehead atoms. The van der Waals surface area contributed by atoms with Crippen LogP contribution >= 0.6 is 0 Å². The lowest BCUT2D eigenvalue weighted by molar-refractivity contribution is 0.0598. The Morgan fingerprint density at radius 3 is 1.89 bits per heavy atom. The highest BCUT2D eigenvalue weighted by atomic mass is 32.2. The molecule has 0 radical (unpaired) electrons. The molecule has 9 nitrogen and oxygen atoms in total. The summed E-state index contributed by atoms with van der Waals surface area (Å²) in [6, 6.07) is 2.51. The Morgan fingerprint density at radius 2 is 1.50 bits per heavy atom. The number of nitrogens with zero attached hydrogens (tertiary/aromatic N) is 1. The van der Waals surface area contributed by atoms with Crippen LogP contribution in [0.15, 0.2) is 23.1 Å². The minimum atomic E-state index is -4.15. The molecule has 2 fully saturated rings. The molecule has 154 valence electrons. The molecule has 3 rings (SSSR count). The van der Waals surface area contributed by atoms with Crippen LogP contribution in [-0.2, 0) is 29.3 Å². The number of sulfonamides is 1. The number of sulfone groups is 1. The maximum Gasteiger partial charge on any atom is 0.337 e. The van der Waals surface area contributed by atoms with E-state index >= 15 is 0 Å². The second-order valence-electron chi connectivity index (χ2n) is 6.85. The van der Waals surface area contributed by atoms with Crippen molar-refractivity contribution in [2.75, 3.05) is 25.7 Å². The molecule has 2 aliphatic rings. The summed E-state index contributed by atoms with van der Waals surface area (Å²) in [4.78, 5) is 23.6. The zero-order chi connectivity index (χ0) is 20.7. The minimum Gasteiger partial charge on any atom is -0.465 e. The van der Waals surface area contributed by atoms with Gasteiger partial charge in [-0.1, -0.05) is 0 Å². The first-order valence-corrected chi connectivity index (χ1v) is 11.9. The van der Waals surface area contributed by atoms with Crippen molar-refractivity contribution in [1.82, 2.24) is 4.31 Å². The molecule has 1 aromatic carbocycles. The summed E-state index contributed by atoms with van der Waals surface area (Å²) in [5.41, 5.74) is -0.225. The lowest BCUT2D eigenvalue weighted by Crippen LogP contribution is -2.42. The molecule has 28 heavy (non-hydrogen) atoms. The highest BCUT2D eigenvalue weighted by molar-refractivity contribution is 7.92. The van der Waals surface area contributed by atoms with Crippen molar-refractivity contribution in [1.29, 1.82) is 0 Å². The van der Waals surface area contributed by atoms with E-state index in [0.717, 1.165) is 26.4 Å². The number of carbonyl (C=O) groups excluding carboxylic acids is 2. The fraction of sp³-hybridized carbons (Fsp3) is 0.529. The van der Waals surface area contributed by atoms with Crippen LogP contribution in [0.2, 0.25) is 0 Å². The molecule has 1 aliphatic carbocycles. The first-order chi connectivity index (χ1) is 13.1. The number of hydrogen-bond donors (Lipinski definition) is 0. The Labute approximate surface area is 163 Å². The summed E-state index contributed by atoms with van der Waals surface area (Å²) in [5, 5.41) is 0. The van der Waals surface area contributed by atoms with E-state index in [-0.39, 0.29) is 40.0 Å². The summed E-state index contributed by atoms with van der Waals surface area (Å²) < 4.78 is 61.0. The maximum atomic E-state index is 13.4. The van der Waals surface area contributed by atoms with Crippen LogP contribution in [0.3, 0.4) is 0 Å². The lowest BCUT2D eigenvalue weighted by atomic mass is 10.1. The van der Waals surface area contributed by atoms with Gasteiger partial charge < -0.3 is 9.47 Å². The van der Waals surface area contributed by atoms with Crippen molar-refractivity contribution in [2.45, 2.75) is 36.2 Å². The van der Waals surface area contributed by atoms with E-state index in [0.29, 0.717) is 12.8 Å². The van der Waals surface area contributed by atoms with Crippen LogP contribution in [0.5, 0.6) is 0 Å². The normalized spacial score (nSPS) is 21.5. The largest absolute Gasteiger partial charge is 0.465 e. The van der Waals surface area contributed by atoms with E-state index < -0.39 is 37.8 Å². The van der Waals surface area contributed by atoms with Crippen LogP contribution in [0.25, 0.3) is 0 Å². The number of rotatable bonds is 6. The van der Waals surface area contributed by atoms with Gasteiger partial charge in [-0.2, -0.15) is 4.31 Å². The highest BCUT2D eigenvalue weighted by Gasteiger charge is 2.46. The molecule has 0 N–H and O–H groups in total. The summed E-state index contributed by atoms with van der Waals surface area (Å²) in [7, 11) is -5.16. The van der Waals surface area contributed by atoms with Gasteiger partial charge in [0.1, 0.15) is 0 Å². The predicted octanol–water partition coefficient (Wildman–Crippen LogP) is 0.600. The number of hydrogen-bond acceptors (Lipinski definition) is 8. The Morgan fingerprint density at radius 1 is 0.964 bits per heavy atom. The number of esters is 2. The average molecular weight is 431 g/mol. The second kappa shape index (κ2) is 7.45. The number of benzene rings is 1. The van der Waals surface area contributed by atoms with E-state index in [2.05, 4.69) is 9.47 Å². The van der Waals surface area contributed by atoms with Gasteiger partial charge in [-0.25, -0.2) is 26.4 Å². The van der Waals surface area contributed by atoms with Gasteiger partial charge in [0.05, 0.1) is 41.7 Å². The molecule has 0 spiro atoms. The molecule has 1 atom stereocenters. The summed E-state index contributed by atoms with van der Waals surface area (Å²) in [5.74, 6) is -1.90. The van der Waals surface area contributed by atoms with Crippen LogP contribution in [0, 0.1) is 0 Å². The Hall–Kier alpha value is -1.98. The zero-order valence-corrected chi connectivity index (χ0v) is 17.1. The van der Waals surface area contributed by atoms with E-state index in [9.17, 15) is 26.4 Å². The van der Waals surface area contributed by atoms with E-state index in [1.165, 1.54) is 10.4 Å². The van der Waals surface area contributed by atoms with Crippen molar-refractivity contribution in [3.63, 3.8) is 0 Å². The molecule has 0 amide bonds. The quantitative estimate of drug-likeness (QED) is 0.600. The molecule has 1 heterocycles. The van der Waals surface area contributed by atoms with Gasteiger partial charge in [0, 0.05) is 12.1 Å². The van der Waals surface area contributed by atoms with Crippen molar-refractivity contribution in [3.05, 3.63) is 29.3 Å². The van der Waals surface area contributed by atoms with Gasteiger partial charge in [-0.05, 0) is 37.5 Å². The third-order valence-corrected chi connectivity index (χ3v) is 8.53. The van der Waals surface area contributed by atoms with Gasteiger partial charge in [0.25, 0.3) is 0 Å². The molecule has 0 aromatic heterocycles. The van der Waals surface area contributed by atoms with Gasteiger partial charge >= 0.3 is 11.9 Å². The molecule has 1 unspecified atom stereocenters. The first-order valence-electron chi connectivity index (χ1n) is 8.65. The standard InChI is InChI=1S/C17H21NO8S2/c1-25-16(19)11-7-12(17(20)26-2)9-15(8-11)28(23,24)18(13-3-4-13)14-5-6-27(21,22)10-14/h7-9,13-14H,3-6,10H2,1-2H3. The highest BCUT2D eigenvalue weighted by Crippen LogP contribution is 2.37. The monoisotopic (exact) mass is 431 g/mol. The number of methoxy groups -OCH3 is 2. The van der Waals surface area contributed by atoms with Crippen molar-refractivity contribution < 1.29 is 35.9 Å². The fourth-order valence-electron chi connectivity index (χ4n) is 3.34.